The van der Waals surface area contributed by atoms with Gasteiger partial charge in [-0.1, -0.05) is 40.8 Å². The SMILES string of the molecule is CC(=O)N[C@H]1[C@H]2OC[C@](COCCOCCOCCOCCn3cc(COCC(COCc4cn(CCOCCOCCOCCOC[C@@]56CO[C@@H](O5)[C@H](NC(C)=O)[C@@H](O)[C@H]6O)nn4)NC(=O)CCCOC(=O)OCc4ccccc4)nn3)(O2)[C@H](O)[C@@H]1O. The highest BCUT2D eigenvalue weighted by atomic mass is 16.8. The van der Waals surface area contributed by atoms with Gasteiger partial charge < -0.3 is 112 Å². The van der Waals surface area contributed by atoms with E-state index < -0.39 is 72.5 Å². The van der Waals surface area contributed by atoms with Crippen LogP contribution in [0.5, 0.6) is 0 Å². The van der Waals surface area contributed by atoms with Gasteiger partial charge in [-0.2, -0.15) is 0 Å². The molecular weight excluding hydrogens is 1170 g/mol. The van der Waals surface area contributed by atoms with Gasteiger partial charge in [-0.3, -0.25) is 14.4 Å². The highest BCUT2D eigenvalue weighted by molar-refractivity contribution is 5.76. The Morgan fingerprint density at radius 1 is 0.568 bits per heavy atom. The summed E-state index contributed by atoms with van der Waals surface area (Å²) in [5.41, 5.74) is -0.554. The summed E-state index contributed by atoms with van der Waals surface area (Å²) in [5.74, 6) is -1.06. The van der Waals surface area contributed by atoms with Gasteiger partial charge in [0.1, 0.15) is 65.7 Å². The molecule has 1 aromatic carbocycles. The summed E-state index contributed by atoms with van der Waals surface area (Å²) in [6, 6.07) is 6.84. The molecule has 6 heterocycles. The summed E-state index contributed by atoms with van der Waals surface area (Å²) < 4.78 is 93.2. The predicted octanol–water partition coefficient (Wildman–Crippen LogP) is -2.94. The molecule has 3 aromatic rings. The summed E-state index contributed by atoms with van der Waals surface area (Å²) in [6.07, 6.45) is -4.03. The number of hydrogen-bond donors (Lipinski definition) is 7. The van der Waals surface area contributed by atoms with Crippen LogP contribution < -0.4 is 16.0 Å². The molecule has 10 atom stereocenters. The third-order valence-corrected chi connectivity index (χ3v) is 14.0. The molecule has 4 aliphatic rings. The summed E-state index contributed by atoms with van der Waals surface area (Å²) in [5, 5.41) is 67.1. The average molecular weight is 1260 g/mol. The molecule has 7 N–H and O–H groups in total. The molecule has 0 radical (unpaired) electrons. The third kappa shape index (κ3) is 23.0. The van der Waals surface area contributed by atoms with Crippen LogP contribution in [0.15, 0.2) is 42.7 Å². The first kappa shape index (κ1) is 69.9. The van der Waals surface area contributed by atoms with E-state index in [1.807, 2.05) is 30.3 Å². The number of nitrogens with zero attached hydrogens (tertiary/aromatic N) is 6. The molecule has 88 heavy (non-hydrogen) atoms. The number of benzene rings is 1. The Labute approximate surface area is 508 Å². The Morgan fingerprint density at radius 2 is 1.00 bits per heavy atom. The maximum absolute atomic E-state index is 13.0. The number of amides is 3. The minimum Gasteiger partial charge on any atom is -0.434 e. The van der Waals surface area contributed by atoms with Gasteiger partial charge >= 0.3 is 6.16 Å². The minimum absolute atomic E-state index is 0.00422. The predicted molar refractivity (Wildman–Crippen MR) is 296 cm³/mol. The van der Waals surface area contributed by atoms with Crippen molar-refractivity contribution in [3.8, 4) is 0 Å². The molecule has 3 amide bonds. The first-order valence-corrected chi connectivity index (χ1v) is 29.3. The Hall–Kier alpha value is -5.54. The Morgan fingerprint density at radius 3 is 1.44 bits per heavy atom. The van der Waals surface area contributed by atoms with Crippen molar-refractivity contribution in [3.63, 3.8) is 0 Å². The number of aromatic nitrogens is 6. The largest absolute Gasteiger partial charge is 0.508 e. The smallest absolute Gasteiger partial charge is 0.434 e. The van der Waals surface area contributed by atoms with Crippen molar-refractivity contribution < 1.29 is 115 Å². The third-order valence-electron chi connectivity index (χ3n) is 14.0. The second kappa shape index (κ2) is 37.6. The zero-order chi connectivity index (χ0) is 62.4. The van der Waals surface area contributed by atoms with Gasteiger partial charge in [0, 0.05) is 20.3 Å². The van der Waals surface area contributed by atoms with Gasteiger partial charge in [0.05, 0.1) is 183 Å². The number of rotatable bonds is 45. The molecule has 0 unspecified atom stereocenters. The highest BCUT2D eigenvalue weighted by Crippen LogP contribution is 2.38. The second-order valence-corrected chi connectivity index (χ2v) is 21.0. The van der Waals surface area contributed by atoms with Crippen LogP contribution in [0.3, 0.4) is 0 Å². The van der Waals surface area contributed by atoms with Crippen LogP contribution in [-0.4, -0.2) is 279 Å². The zero-order valence-electron chi connectivity index (χ0n) is 49.7. The lowest BCUT2D eigenvalue weighted by Gasteiger charge is -2.42. The number of aliphatic hydroxyl groups excluding tert-OH is 4. The molecule has 4 saturated heterocycles. The van der Waals surface area contributed by atoms with Crippen molar-refractivity contribution in [2.24, 2.45) is 0 Å². The highest BCUT2D eigenvalue weighted by Gasteiger charge is 2.61. The van der Waals surface area contributed by atoms with E-state index >= 15 is 0 Å². The first-order valence-electron chi connectivity index (χ1n) is 29.3. The number of ether oxygens (including phenoxy) is 16. The minimum atomic E-state index is -1.32. The Kier molecular flexibility index (Phi) is 29.9. The van der Waals surface area contributed by atoms with Crippen molar-refractivity contribution >= 4 is 23.9 Å². The number of aliphatic hydroxyl groups is 4. The quantitative estimate of drug-likeness (QED) is 0.0220. The van der Waals surface area contributed by atoms with Gasteiger partial charge in [-0.15, -0.1) is 10.2 Å². The fraction of sp³-hybridized carbons (Fsp3) is 0.745. The second-order valence-electron chi connectivity index (χ2n) is 21.0. The molecule has 4 fully saturated rings. The maximum Gasteiger partial charge on any atom is 0.508 e. The van der Waals surface area contributed by atoms with Crippen molar-refractivity contribution in [3.05, 3.63) is 59.7 Å². The van der Waals surface area contributed by atoms with Crippen molar-refractivity contribution in [1.29, 1.82) is 0 Å². The van der Waals surface area contributed by atoms with Gasteiger partial charge in [-0.25, -0.2) is 14.2 Å². The molecule has 2 aromatic heterocycles. The van der Waals surface area contributed by atoms with E-state index in [0.29, 0.717) is 90.5 Å². The Bertz CT molecular complexity index is 2380. The van der Waals surface area contributed by atoms with Crippen molar-refractivity contribution in [2.75, 3.05) is 139 Å². The van der Waals surface area contributed by atoms with E-state index in [9.17, 15) is 39.6 Å². The van der Waals surface area contributed by atoms with E-state index in [0.717, 1.165) is 5.56 Å². The summed E-state index contributed by atoms with van der Waals surface area (Å²) in [6.45, 7) is 8.10. The van der Waals surface area contributed by atoms with Crippen LogP contribution >= 0.6 is 0 Å². The number of carbonyl (C=O) groups excluding carboxylic acids is 4. The topological polar surface area (TPSA) is 394 Å². The molecule has 4 bridgehead atoms. The van der Waals surface area contributed by atoms with E-state index in [1.54, 1.807) is 21.8 Å². The van der Waals surface area contributed by atoms with E-state index in [4.69, 9.17) is 75.8 Å². The monoisotopic (exact) mass is 1260 g/mol. The van der Waals surface area contributed by atoms with Crippen LogP contribution in [0.25, 0.3) is 0 Å². The van der Waals surface area contributed by atoms with Crippen LogP contribution in [0.2, 0.25) is 0 Å². The summed E-state index contributed by atoms with van der Waals surface area (Å²) >= 11 is 0. The number of fused-ring (bicyclic) bond motifs is 4. The lowest BCUT2D eigenvalue weighted by atomic mass is 9.88. The van der Waals surface area contributed by atoms with Crippen LogP contribution in [0.4, 0.5) is 4.79 Å². The van der Waals surface area contributed by atoms with Crippen LogP contribution in [0, 0.1) is 0 Å². The summed E-state index contributed by atoms with van der Waals surface area (Å²) in [4.78, 5) is 48.1. The average Bonchev–Trinajstić information content (AvgIpc) is 1.93. The standard InChI is InChI=1S/C55H85N9O24/c1-38(65)56-45-47(68)49(70)54(36-85-51(45)87-54)34-79-25-23-77-21-19-75-17-15-73-13-10-63-27-41(59-61-63)30-81-32-43(58-44(67)9-6-12-83-53(72)84-29-40-7-4-3-5-8-40)33-82-31-42-28-64(62-60-42)11-14-74-16-18-76-20-22-78-24-26-80-35-55-37-86-52(88-55)46(57-39(2)66)48(69)50(55)71/h3-5,7-8,27-28,43,45-52,68-71H,6,9-26,29-37H2,1-2H3,(H,56,65)(H,57,66)(H,58,67)/t45-,46-,47-,48-,49-,50-,51+,52+,54+,55+/m1/s1. The molecule has 0 aliphatic carbocycles. The van der Waals surface area contributed by atoms with Gasteiger partial charge in [0.25, 0.3) is 0 Å². The van der Waals surface area contributed by atoms with Crippen molar-refractivity contribution in [2.45, 2.75) is 126 Å². The van der Waals surface area contributed by atoms with Gasteiger partial charge in [0.2, 0.25) is 17.7 Å². The van der Waals surface area contributed by atoms with E-state index in [-0.39, 0.29) is 123 Å². The first-order chi connectivity index (χ1) is 42.7. The summed E-state index contributed by atoms with van der Waals surface area (Å²) in [7, 11) is 0. The molecule has 0 spiro atoms. The lowest BCUT2D eigenvalue weighted by Crippen LogP contribution is -2.66. The lowest BCUT2D eigenvalue weighted by molar-refractivity contribution is -0.238. The van der Waals surface area contributed by atoms with E-state index in [1.165, 1.54) is 13.8 Å². The number of carbonyl (C=O) groups is 4. The normalized spacial score (nSPS) is 24.9. The van der Waals surface area contributed by atoms with Crippen LogP contribution in [-0.2, 0) is 123 Å². The van der Waals surface area contributed by atoms with Gasteiger partial charge in [0.15, 0.2) is 12.6 Å². The number of hydrogen-bond acceptors (Lipinski definition) is 28. The molecule has 0 saturated carbocycles. The molecule has 494 valence electrons. The van der Waals surface area contributed by atoms with Crippen molar-refractivity contribution in [1.82, 2.24) is 45.9 Å². The molecule has 33 heteroatoms. The molecular formula is C55H85N9O24. The van der Waals surface area contributed by atoms with Crippen LogP contribution in [0.1, 0.15) is 43.6 Å². The number of nitrogens with one attached hydrogen (secondary N) is 3. The van der Waals surface area contributed by atoms with Gasteiger partial charge in [-0.05, 0) is 12.0 Å². The molecule has 4 aliphatic heterocycles. The zero-order valence-corrected chi connectivity index (χ0v) is 49.7. The fourth-order valence-electron chi connectivity index (χ4n) is 9.49. The Balaban J connectivity index is 0.703. The fourth-order valence-corrected chi connectivity index (χ4v) is 9.49. The van der Waals surface area contributed by atoms with E-state index in [2.05, 4.69) is 36.6 Å². The molecule has 33 nitrogen and oxygen atoms in total. The maximum atomic E-state index is 13.0. The molecule has 7 rings (SSSR count).